The molecule has 1 saturated heterocycles. The molecule has 0 unspecified atom stereocenters. The van der Waals surface area contributed by atoms with Crippen LogP contribution in [0.3, 0.4) is 0 Å². The van der Waals surface area contributed by atoms with Crippen LogP contribution in [0.4, 0.5) is 0 Å². The van der Waals surface area contributed by atoms with Gasteiger partial charge in [-0.2, -0.15) is 5.01 Å². The maximum Gasteiger partial charge on any atom is 0.274 e. The van der Waals surface area contributed by atoms with Crippen molar-refractivity contribution in [3.63, 3.8) is 0 Å². The number of carbonyl (C=O) groups is 3. The Balaban J connectivity index is 1.74. The highest BCUT2D eigenvalue weighted by molar-refractivity contribution is 9.10. The zero-order chi connectivity index (χ0) is 21.4. The minimum Gasteiger partial charge on any atom is -0.272 e. The monoisotopic (exact) mass is 486 g/mol. The van der Waals surface area contributed by atoms with Crippen LogP contribution in [0, 0.1) is 17.8 Å². The summed E-state index contributed by atoms with van der Waals surface area (Å²) in [6, 6.07) is 14.0. The molecule has 0 N–H and O–H groups in total. The summed E-state index contributed by atoms with van der Waals surface area (Å²) in [5.74, 6) is -2.10. The second kappa shape index (κ2) is 8.36. The summed E-state index contributed by atoms with van der Waals surface area (Å²) < 4.78 is 0.898. The van der Waals surface area contributed by atoms with Gasteiger partial charge in [0.15, 0.2) is 0 Å². The standard InChI is InChI=1S/C23H20BrClN2O3/c1-14-5-4-7-18-20(14)23(30)27(22(18)29)26(13-15-9-11-16(24)12-10-15)21(28)17-6-2-3-8-19(17)25/h2-6,8-12,14,18,20H,7,13H2,1H3/t14-,18-,20-/m1/s1. The molecule has 7 heteroatoms. The normalized spacial score (nSPS) is 22.9. The molecule has 0 radical (unpaired) electrons. The Morgan fingerprint density at radius 3 is 2.50 bits per heavy atom. The summed E-state index contributed by atoms with van der Waals surface area (Å²) in [6.07, 6.45) is 4.41. The van der Waals surface area contributed by atoms with Crippen molar-refractivity contribution in [2.45, 2.75) is 19.9 Å². The van der Waals surface area contributed by atoms with Crippen LogP contribution in [0.25, 0.3) is 0 Å². The number of amides is 3. The fourth-order valence-electron chi connectivity index (χ4n) is 4.14. The van der Waals surface area contributed by atoms with E-state index in [0.717, 1.165) is 15.0 Å². The molecule has 1 fully saturated rings. The van der Waals surface area contributed by atoms with Crippen molar-refractivity contribution < 1.29 is 14.4 Å². The first-order valence-corrected chi connectivity index (χ1v) is 10.9. The SMILES string of the molecule is C[C@@H]1C=CC[C@H]2C(=O)N(N(Cc3ccc(Br)cc3)C(=O)c3ccccc3Cl)C(=O)[C@H]12. The molecule has 0 spiro atoms. The number of halogens is 2. The van der Waals surface area contributed by atoms with Crippen molar-refractivity contribution in [1.82, 2.24) is 10.0 Å². The molecule has 154 valence electrons. The molecule has 4 rings (SSSR count). The van der Waals surface area contributed by atoms with Crippen molar-refractivity contribution in [2.24, 2.45) is 17.8 Å². The zero-order valence-electron chi connectivity index (χ0n) is 16.3. The van der Waals surface area contributed by atoms with Gasteiger partial charge in [-0.3, -0.25) is 14.4 Å². The molecule has 0 bridgehead atoms. The van der Waals surface area contributed by atoms with Crippen LogP contribution >= 0.6 is 27.5 Å². The Morgan fingerprint density at radius 1 is 1.13 bits per heavy atom. The molecule has 1 heterocycles. The summed E-state index contributed by atoms with van der Waals surface area (Å²) in [7, 11) is 0. The molecule has 1 aliphatic carbocycles. The van der Waals surface area contributed by atoms with Gasteiger partial charge in [-0.15, -0.1) is 0 Å². The molecule has 5 nitrogen and oxygen atoms in total. The number of carbonyl (C=O) groups excluding carboxylic acids is 3. The van der Waals surface area contributed by atoms with E-state index in [2.05, 4.69) is 15.9 Å². The molecule has 3 amide bonds. The Kier molecular flexibility index (Phi) is 5.80. The smallest absolute Gasteiger partial charge is 0.272 e. The van der Waals surface area contributed by atoms with E-state index in [1.807, 2.05) is 43.3 Å². The van der Waals surface area contributed by atoms with Crippen LogP contribution in [0.5, 0.6) is 0 Å². The number of imide groups is 1. The summed E-state index contributed by atoms with van der Waals surface area (Å²) >= 11 is 9.66. The van der Waals surface area contributed by atoms with E-state index in [9.17, 15) is 14.4 Å². The number of fused-ring (bicyclic) bond motifs is 1. The molecule has 1 aliphatic heterocycles. The maximum atomic E-state index is 13.5. The minimum absolute atomic E-state index is 0.0601. The van der Waals surface area contributed by atoms with Crippen molar-refractivity contribution in [3.8, 4) is 0 Å². The van der Waals surface area contributed by atoms with E-state index < -0.39 is 17.7 Å². The molecular weight excluding hydrogens is 468 g/mol. The van der Waals surface area contributed by atoms with E-state index >= 15 is 0 Å². The van der Waals surface area contributed by atoms with Gasteiger partial charge < -0.3 is 0 Å². The molecule has 30 heavy (non-hydrogen) atoms. The Bertz CT molecular complexity index is 1040. The quantitative estimate of drug-likeness (QED) is 0.457. The second-order valence-corrected chi connectivity index (χ2v) is 8.94. The van der Waals surface area contributed by atoms with Crippen LogP contribution in [0.15, 0.2) is 65.2 Å². The van der Waals surface area contributed by atoms with Crippen LogP contribution in [-0.2, 0) is 16.1 Å². The molecule has 2 aromatic rings. The predicted octanol–water partition coefficient (Wildman–Crippen LogP) is 4.86. The van der Waals surface area contributed by atoms with E-state index in [1.165, 1.54) is 5.01 Å². The van der Waals surface area contributed by atoms with Crippen molar-refractivity contribution in [2.75, 3.05) is 0 Å². The fraction of sp³-hybridized carbons (Fsp3) is 0.261. The van der Waals surface area contributed by atoms with Crippen molar-refractivity contribution >= 4 is 45.3 Å². The number of allylic oxidation sites excluding steroid dienone is 2. The minimum atomic E-state index is -0.482. The van der Waals surface area contributed by atoms with Gasteiger partial charge in [0.25, 0.3) is 17.7 Å². The number of hydrogen-bond acceptors (Lipinski definition) is 3. The third kappa shape index (κ3) is 3.70. The third-order valence-electron chi connectivity index (χ3n) is 5.68. The lowest BCUT2D eigenvalue weighted by atomic mass is 9.78. The van der Waals surface area contributed by atoms with Crippen LogP contribution < -0.4 is 0 Å². The highest BCUT2D eigenvalue weighted by Gasteiger charge is 2.53. The maximum absolute atomic E-state index is 13.5. The first kappa shape index (κ1) is 20.8. The van der Waals surface area contributed by atoms with Gasteiger partial charge in [0, 0.05) is 4.47 Å². The second-order valence-electron chi connectivity index (χ2n) is 7.61. The highest BCUT2D eigenvalue weighted by atomic mass is 79.9. The summed E-state index contributed by atoms with van der Waals surface area (Å²) in [4.78, 5) is 40.0. The molecule has 0 aromatic heterocycles. The van der Waals surface area contributed by atoms with E-state index in [-0.39, 0.29) is 34.9 Å². The number of rotatable bonds is 4. The van der Waals surface area contributed by atoms with E-state index in [1.54, 1.807) is 24.3 Å². The van der Waals surface area contributed by atoms with Gasteiger partial charge >= 0.3 is 0 Å². The van der Waals surface area contributed by atoms with E-state index in [4.69, 9.17) is 11.6 Å². The molecule has 3 atom stereocenters. The molecule has 2 aliphatic rings. The van der Waals surface area contributed by atoms with Crippen molar-refractivity contribution in [3.05, 3.63) is 81.3 Å². The largest absolute Gasteiger partial charge is 0.274 e. The molecule has 2 aromatic carbocycles. The van der Waals surface area contributed by atoms with Gasteiger partial charge in [-0.05, 0) is 42.2 Å². The van der Waals surface area contributed by atoms with Crippen molar-refractivity contribution in [1.29, 1.82) is 0 Å². The molecule has 0 saturated carbocycles. The number of benzene rings is 2. The van der Waals surface area contributed by atoms with Gasteiger partial charge in [-0.1, -0.05) is 70.9 Å². The van der Waals surface area contributed by atoms with Crippen LogP contribution in [0.2, 0.25) is 5.02 Å². The number of hydrogen-bond donors (Lipinski definition) is 0. The fourth-order valence-corrected chi connectivity index (χ4v) is 4.62. The third-order valence-corrected chi connectivity index (χ3v) is 6.53. The zero-order valence-corrected chi connectivity index (χ0v) is 18.6. The van der Waals surface area contributed by atoms with Gasteiger partial charge in [0.05, 0.1) is 29.0 Å². The highest BCUT2D eigenvalue weighted by Crippen LogP contribution is 2.39. The van der Waals surface area contributed by atoms with Gasteiger partial charge in [0.2, 0.25) is 0 Å². The first-order valence-electron chi connectivity index (χ1n) is 9.73. The lowest BCUT2D eigenvalue weighted by Crippen LogP contribution is -2.50. The average molecular weight is 488 g/mol. The molecular formula is C23H20BrClN2O3. The van der Waals surface area contributed by atoms with Crippen LogP contribution in [-0.4, -0.2) is 27.7 Å². The van der Waals surface area contributed by atoms with Crippen LogP contribution in [0.1, 0.15) is 29.3 Å². The topological polar surface area (TPSA) is 57.7 Å². The first-order chi connectivity index (χ1) is 14.4. The summed E-state index contributed by atoms with van der Waals surface area (Å²) in [5, 5.41) is 2.56. The van der Waals surface area contributed by atoms with E-state index in [0.29, 0.717) is 6.42 Å². The van der Waals surface area contributed by atoms with Gasteiger partial charge in [0.1, 0.15) is 0 Å². The number of nitrogens with zero attached hydrogens (tertiary/aromatic N) is 2. The number of hydrazine groups is 1. The Hall–Kier alpha value is -2.44. The Labute approximate surface area is 188 Å². The lowest BCUT2D eigenvalue weighted by molar-refractivity contribution is -0.155. The lowest BCUT2D eigenvalue weighted by Gasteiger charge is -2.31. The summed E-state index contributed by atoms with van der Waals surface area (Å²) in [6.45, 7) is 2.01. The summed E-state index contributed by atoms with van der Waals surface area (Å²) in [5.41, 5.74) is 1.04. The average Bonchev–Trinajstić information content (AvgIpc) is 2.99. The van der Waals surface area contributed by atoms with Gasteiger partial charge in [-0.25, -0.2) is 5.01 Å². The Morgan fingerprint density at radius 2 is 1.83 bits per heavy atom. The predicted molar refractivity (Wildman–Crippen MR) is 117 cm³/mol.